The molecular formula is C15H15ClN2O3. The predicted molar refractivity (Wildman–Crippen MR) is 81.6 cm³/mol. The molecular weight excluding hydrogens is 292 g/mol. The summed E-state index contributed by atoms with van der Waals surface area (Å²) in [6, 6.07) is 13.6. The molecule has 21 heavy (non-hydrogen) atoms. The fraction of sp³-hybridized carbons (Fsp3) is 0.133. The van der Waals surface area contributed by atoms with E-state index in [9.17, 15) is 4.79 Å². The number of nitrogens with zero attached hydrogens (tertiary/aromatic N) is 1. The molecule has 0 aliphatic carbocycles. The first-order chi connectivity index (χ1) is 10.1. The predicted octanol–water partition coefficient (Wildman–Crippen LogP) is 2.63. The zero-order valence-electron chi connectivity index (χ0n) is 11.5. The molecule has 2 N–H and O–H groups in total. The number of hydrogen-bond donors (Lipinski definition) is 1. The van der Waals surface area contributed by atoms with Crippen LogP contribution in [0.3, 0.4) is 0 Å². The molecule has 0 aliphatic heterocycles. The van der Waals surface area contributed by atoms with E-state index in [0.29, 0.717) is 22.2 Å². The van der Waals surface area contributed by atoms with Gasteiger partial charge in [0.2, 0.25) is 0 Å². The number of halogens is 1. The van der Waals surface area contributed by atoms with E-state index in [1.54, 1.807) is 55.6 Å². The maximum Gasteiger partial charge on any atom is 0.279 e. The number of anilines is 1. The summed E-state index contributed by atoms with van der Waals surface area (Å²) in [5, 5.41) is 1.64. The monoisotopic (exact) mass is 306 g/mol. The lowest BCUT2D eigenvalue weighted by atomic mass is 10.3. The Kier molecular flexibility index (Phi) is 5.03. The minimum absolute atomic E-state index is 0.163. The van der Waals surface area contributed by atoms with Crippen LogP contribution in [0.15, 0.2) is 48.5 Å². The zero-order valence-corrected chi connectivity index (χ0v) is 12.2. The number of methoxy groups -OCH3 is 1. The van der Waals surface area contributed by atoms with Crippen LogP contribution in [-0.2, 0) is 4.79 Å². The maximum atomic E-state index is 12.0. The van der Waals surface area contributed by atoms with E-state index in [4.69, 9.17) is 26.9 Å². The van der Waals surface area contributed by atoms with E-state index in [-0.39, 0.29) is 12.5 Å². The topological polar surface area (TPSA) is 64.8 Å². The fourth-order valence-corrected chi connectivity index (χ4v) is 1.76. The number of rotatable bonds is 5. The minimum atomic E-state index is -0.366. The van der Waals surface area contributed by atoms with Crippen LogP contribution in [0, 0.1) is 0 Å². The van der Waals surface area contributed by atoms with E-state index in [0.717, 1.165) is 5.01 Å². The van der Waals surface area contributed by atoms with Gasteiger partial charge in [-0.25, -0.2) is 10.9 Å². The Balaban J connectivity index is 1.93. The largest absolute Gasteiger partial charge is 0.497 e. The van der Waals surface area contributed by atoms with Gasteiger partial charge in [-0.1, -0.05) is 11.6 Å². The summed E-state index contributed by atoms with van der Waals surface area (Å²) >= 11 is 5.77. The molecule has 0 saturated heterocycles. The molecule has 1 amide bonds. The van der Waals surface area contributed by atoms with Crippen LogP contribution >= 0.6 is 11.6 Å². The lowest BCUT2D eigenvalue weighted by Crippen LogP contribution is -2.40. The van der Waals surface area contributed by atoms with Crippen LogP contribution in [0.5, 0.6) is 11.5 Å². The van der Waals surface area contributed by atoms with Gasteiger partial charge < -0.3 is 9.47 Å². The Morgan fingerprint density at radius 1 is 1.10 bits per heavy atom. The fourth-order valence-electron chi connectivity index (χ4n) is 1.63. The standard InChI is InChI=1S/C15H15ClN2O3/c1-20-13-8-4-12(5-9-13)18(17)15(19)10-21-14-6-2-11(16)3-7-14/h2-9H,10,17H2,1H3. The van der Waals surface area contributed by atoms with Crippen LogP contribution in [0.1, 0.15) is 0 Å². The average Bonchev–Trinajstić information content (AvgIpc) is 2.53. The smallest absolute Gasteiger partial charge is 0.279 e. The second-order valence-corrected chi connectivity index (χ2v) is 4.64. The quantitative estimate of drug-likeness (QED) is 0.524. The van der Waals surface area contributed by atoms with Crippen LogP contribution in [-0.4, -0.2) is 19.6 Å². The van der Waals surface area contributed by atoms with Gasteiger partial charge in [0, 0.05) is 5.02 Å². The van der Waals surface area contributed by atoms with Crippen LogP contribution in [0.2, 0.25) is 5.02 Å². The van der Waals surface area contributed by atoms with Crippen molar-refractivity contribution in [1.82, 2.24) is 0 Å². The molecule has 0 aliphatic rings. The molecule has 0 fully saturated rings. The summed E-state index contributed by atoms with van der Waals surface area (Å²) in [5.41, 5.74) is 0.556. The van der Waals surface area contributed by atoms with E-state index in [2.05, 4.69) is 0 Å². The lowest BCUT2D eigenvalue weighted by molar-refractivity contribution is -0.120. The van der Waals surface area contributed by atoms with Crippen LogP contribution in [0.4, 0.5) is 5.69 Å². The molecule has 0 saturated carbocycles. The number of ether oxygens (including phenoxy) is 2. The third kappa shape index (κ3) is 4.11. The lowest BCUT2D eigenvalue weighted by Gasteiger charge is -2.17. The van der Waals surface area contributed by atoms with Gasteiger partial charge in [0.25, 0.3) is 5.91 Å². The highest BCUT2D eigenvalue weighted by Crippen LogP contribution is 2.18. The van der Waals surface area contributed by atoms with E-state index in [1.165, 1.54) is 0 Å². The highest BCUT2D eigenvalue weighted by atomic mass is 35.5. The van der Waals surface area contributed by atoms with Gasteiger partial charge in [-0.2, -0.15) is 0 Å². The van der Waals surface area contributed by atoms with Crippen molar-refractivity contribution in [3.63, 3.8) is 0 Å². The summed E-state index contributed by atoms with van der Waals surface area (Å²) in [5.74, 6) is 6.64. The molecule has 0 bridgehead atoms. The second-order valence-electron chi connectivity index (χ2n) is 4.20. The molecule has 0 radical (unpaired) electrons. The summed E-state index contributed by atoms with van der Waals surface area (Å²) < 4.78 is 10.4. The van der Waals surface area contributed by atoms with E-state index in [1.807, 2.05) is 0 Å². The molecule has 0 heterocycles. The van der Waals surface area contributed by atoms with Gasteiger partial charge in [0.05, 0.1) is 12.8 Å². The van der Waals surface area contributed by atoms with Crippen molar-refractivity contribution < 1.29 is 14.3 Å². The molecule has 0 unspecified atom stereocenters. The Labute approximate surface area is 127 Å². The summed E-state index contributed by atoms with van der Waals surface area (Å²) in [7, 11) is 1.57. The van der Waals surface area contributed by atoms with Crippen LogP contribution < -0.4 is 20.3 Å². The van der Waals surface area contributed by atoms with E-state index >= 15 is 0 Å². The number of amides is 1. The van der Waals surface area contributed by atoms with Crippen molar-refractivity contribution >= 4 is 23.2 Å². The summed E-state index contributed by atoms with van der Waals surface area (Å²) in [6.07, 6.45) is 0. The average molecular weight is 307 g/mol. The summed E-state index contributed by atoms with van der Waals surface area (Å²) in [6.45, 7) is -0.163. The third-order valence-corrected chi connectivity index (χ3v) is 3.05. The Hall–Kier alpha value is -2.24. The van der Waals surface area contributed by atoms with Gasteiger partial charge in [0.1, 0.15) is 11.5 Å². The van der Waals surface area contributed by atoms with Crippen molar-refractivity contribution in [2.45, 2.75) is 0 Å². The van der Waals surface area contributed by atoms with Crippen molar-refractivity contribution in [1.29, 1.82) is 0 Å². The zero-order chi connectivity index (χ0) is 15.2. The van der Waals surface area contributed by atoms with Crippen molar-refractivity contribution in [3.8, 4) is 11.5 Å². The summed E-state index contributed by atoms with van der Waals surface area (Å²) in [4.78, 5) is 12.0. The number of carbonyl (C=O) groups is 1. The first-order valence-electron chi connectivity index (χ1n) is 6.20. The normalized spacial score (nSPS) is 10.0. The van der Waals surface area contributed by atoms with Crippen LogP contribution in [0.25, 0.3) is 0 Å². The molecule has 2 aromatic rings. The van der Waals surface area contributed by atoms with Gasteiger partial charge in [-0.3, -0.25) is 4.79 Å². The maximum absolute atomic E-state index is 12.0. The number of hydrogen-bond acceptors (Lipinski definition) is 4. The highest BCUT2D eigenvalue weighted by Gasteiger charge is 2.12. The molecule has 2 aromatic carbocycles. The highest BCUT2D eigenvalue weighted by molar-refractivity contribution is 6.30. The molecule has 2 rings (SSSR count). The number of nitrogens with two attached hydrogens (primary N) is 1. The minimum Gasteiger partial charge on any atom is -0.497 e. The Morgan fingerprint density at radius 2 is 1.67 bits per heavy atom. The molecule has 5 nitrogen and oxygen atoms in total. The van der Waals surface area contributed by atoms with Gasteiger partial charge in [0.15, 0.2) is 6.61 Å². The molecule has 6 heteroatoms. The van der Waals surface area contributed by atoms with E-state index < -0.39 is 0 Å². The second kappa shape index (κ2) is 6.97. The third-order valence-electron chi connectivity index (χ3n) is 2.80. The molecule has 0 atom stereocenters. The first-order valence-corrected chi connectivity index (χ1v) is 6.58. The van der Waals surface area contributed by atoms with Gasteiger partial charge >= 0.3 is 0 Å². The first kappa shape index (κ1) is 15.2. The SMILES string of the molecule is COc1ccc(N(N)C(=O)COc2ccc(Cl)cc2)cc1. The number of hydrazine groups is 1. The van der Waals surface area contributed by atoms with Gasteiger partial charge in [-0.15, -0.1) is 0 Å². The van der Waals surface area contributed by atoms with Gasteiger partial charge in [-0.05, 0) is 48.5 Å². The molecule has 0 aromatic heterocycles. The molecule has 0 spiro atoms. The van der Waals surface area contributed by atoms with Crippen molar-refractivity contribution in [3.05, 3.63) is 53.6 Å². The van der Waals surface area contributed by atoms with Crippen molar-refractivity contribution in [2.24, 2.45) is 5.84 Å². The molecule has 110 valence electrons. The Bertz CT molecular complexity index is 599. The number of carbonyl (C=O) groups excluding carboxylic acids is 1. The Morgan fingerprint density at radius 3 is 2.24 bits per heavy atom. The number of benzene rings is 2. The van der Waals surface area contributed by atoms with Crippen molar-refractivity contribution in [2.75, 3.05) is 18.7 Å².